The van der Waals surface area contributed by atoms with Gasteiger partial charge in [0.05, 0.1) is 5.02 Å². The topological polar surface area (TPSA) is 21.3 Å². The Hall–Kier alpha value is -2.04. The van der Waals surface area contributed by atoms with Crippen LogP contribution in [0.2, 0.25) is 5.02 Å². The zero-order valence-corrected chi connectivity index (χ0v) is 15.6. The molecule has 0 saturated carbocycles. The van der Waals surface area contributed by atoms with Crippen LogP contribution in [-0.4, -0.2) is 0 Å². The molecular weight excluding hydrogens is 405 g/mol. The van der Waals surface area contributed by atoms with Crippen LogP contribution < -0.4 is 10.1 Å². The predicted octanol–water partition coefficient (Wildman–Crippen LogP) is 6.43. The molecule has 0 amide bonds. The van der Waals surface area contributed by atoms with E-state index in [1.54, 1.807) is 12.1 Å². The summed E-state index contributed by atoms with van der Waals surface area (Å²) in [6.45, 7) is 1.15. The summed E-state index contributed by atoms with van der Waals surface area (Å²) in [6.07, 6.45) is 0. The molecule has 0 radical (unpaired) electrons. The minimum Gasteiger partial charge on any atom is -0.489 e. The number of halogens is 3. The van der Waals surface area contributed by atoms with E-state index in [-0.39, 0.29) is 5.02 Å². The van der Waals surface area contributed by atoms with Gasteiger partial charge >= 0.3 is 0 Å². The molecule has 0 bridgehead atoms. The Kier molecular flexibility index (Phi) is 5.95. The summed E-state index contributed by atoms with van der Waals surface area (Å²) in [6, 6.07) is 20.5. The standard InChI is InChI=1S/C20H16BrClFNO/c21-16-5-1-15(2-6-16)13-25-18-8-3-14(4-9-18)12-24-17-7-10-20(23)19(22)11-17/h1-11,24H,12-13H2. The highest BCUT2D eigenvalue weighted by Crippen LogP contribution is 2.21. The molecule has 0 atom stereocenters. The highest BCUT2D eigenvalue weighted by Gasteiger charge is 2.01. The lowest BCUT2D eigenvalue weighted by Crippen LogP contribution is -2.00. The van der Waals surface area contributed by atoms with Crippen LogP contribution in [0.4, 0.5) is 10.1 Å². The number of nitrogens with one attached hydrogen (secondary N) is 1. The van der Waals surface area contributed by atoms with Crippen molar-refractivity contribution >= 4 is 33.2 Å². The number of hydrogen-bond donors (Lipinski definition) is 1. The Morgan fingerprint density at radius 2 is 1.60 bits per heavy atom. The molecule has 1 N–H and O–H groups in total. The summed E-state index contributed by atoms with van der Waals surface area (Å²) < 4.78 is 20.0. The van der Waals surface area contributed by atoms with Gasteiger partial charge in [0.1, 0.15) is 18.2 Å². The molecule has 25 heavy (non-hydrogen) atoms. The Morgan fingerprint density at radius 1 is 0.920 bits per heavy atom. The number of rotatable bonds is 6. The van der Waals surface area contributed by atoms with Gasteiger partial charge in [0.25, 0.3) is 0 Å². The number of hydrogen-bond acceptors (Lipinski definition) is 2. The van der Waals surface area contributed by atoms with E-state index in [2.05, 4.69) is 21.2 Å². The van der Waals surface area contributed by atoms with Crippen LogP contribution in [0, 0.1) is 5.82 Å². The molecule has 0 unspecified atom stereocenters. The van der Waals surface area contributed by atoms with Gasteiger partial charge in [-0.25, -0.2) is 4.39 Å². The first-order chi connectivity index (χ1) is 12.1. The van der Waals surface area contributed by atoms with Crippen molar-refractivity contribution in [3.63, 3.8) is 0 Å². The van der Waals surface area contributed by atoms with Crippen LogP contribution in [0.15, 0.2) is 71.2 Å². The molecule has 0 aliphatic carbocycles. The fourth-order valence-corrected chi connectivity index (χ4v) is 2.71. The van der Waals surface area contributed by atoms with Crippen LogP contribution >= 0.6 is 27.5 Å². The summed E-state index contributed by atoms with van der Waals surface area (Å²) in [4.78, 5) is 0. The van der Waals surface area contributed by atoms with E-state index in [1.165, 1.54) is 6.07 Å². The van der Waals surface area contributed by atoms with Crippen LogP contribution in [-0.2, 0) is 13.2 Å². The zero-order valence-electron chi connectivity index (χ0n) is 13.3. The first-order valence-electron chi connectivity index (χ1n) is 7.75. The van der Waals surface area contributed by atoms with E-state index in [9.17, 15) is 4.39 Å². The van der Waals surface area contributed by atoms with Crippen molar-refractivity contribution in [2.45, 2.75) is 13.2 Å². The number of anilines is 1. The maximum atomic E-state index is 13.1. The smallest absolute Gasteiger partial charge is 0.141 e. The molecule has 2 nitrogen and oxygen atoms in total. The molecule has 0 saturated heterocycles. The largest absolute Gasteiger partial charge is 0.489 e. The highest BCUT2D eigenvalue weighted by molar-refractivity contribution is 9.10. The average molecular weight is 421 g/mol. The maximum absolute atomic E-state index is 13.1. The van der Waals surface area contributed by atoms with E-state index in [4.69, 9.17) is 16.3 Å². The van der Waals surface area contributed by atoms with Crippen LogP contribution in [0.25, 0.3) is 0 Å². The molecule has 0 spiro atoms. The second-order valence-electron chi connectivity index (χ2n) is 5.54. The van der Waals surface area contributed by atoms with Crippen LogP contribution in [0.1, 0.15) is 11.1 Å². The molecule has 128 valence electrons. The van der Waals surface area contributed by atoms with Gasteiger partial charge in [-0.05, 0) is 53.6 Å². The normalized spacial score (nSPS) is 10.5. The van der Waals surface area contributed by atoms with Crippen molar-refractivity contribution in [1.29, 1.82) is 0 Å². The number of benzene rings is 3. The molecule has 3 aromatic rings. The van der Waals surface area contributed by atoms with Crippen LogP contribution in [0.3, 0.4) is 0 Å². The summed E-state index contributed by atoms with van der Waals surface area (Å²) in [5.41, 5.74) is 2.99. The van der Waals surface area contributed by atoms with E-state index >= 15 is 0 Å². The fraction of sp³-hybridized carbons (Fsp3) is 0.100. The summed E-state index contributed by atoms with van der Waals surface area (Å²) >= 11 is 9.19. The molecule has 0 aliphatic heterocycles. The Labute approximate surface area is 159 Å². The van der Waals surface area contributed by atoms with Gasteiger partial charge in [0, 0.05) is 16.7 Å². The maximum Gasteiger partial charge on any atom is 0.141 e. The molecular formula is C20H16BrClFNO. The molecule has 0 heterocycles. The minimum atomic E-state index is -0.417. The van der Waals surface area contributed by atoms with E-state index in [0.29, 0.717) is 13.2 Å². The van der Waals surface area contributed by atoms with Crippen LogP contribution in [0.5, 0.6) is 5.75 Å². The second kappa shape index (κ2) is 8.37. The quantitative estimate of drug-likeness (QED) is 0.496. The Bertz CT molecular complexity index is 837. The van der Waals surface area contributed by atoms with Gasteiger partial charge < -0.3 is 10.1 Å². The first kappa shape index (κ1) is 17.8. The van der Waals surface area contributed by atoms with E-state index in [0.717, 1.165) is 27.0 Å². The molecule has 3 rings (SSSR count). The van der Waals surface area contributed by atoms with Crippen molar-refractivity contribution in [3.8, 4) is 5.75 Å². The summed E-state index contributed by atoms with van der Waals surface area (Å²) in [7, 11) is 0. The van der Waals surface area contributed by atoms with Crippen molar-refractivity contribution in [2.75, 3.05) is 5.32 Å². The van der Waals surface area contributed by atoms with Gasteiger partial charge in [-0.1, -0.05) is 51.8 Å². The van der Waals surface area contributed by atoms with E-state index in [1.807, 2.05) is 48.5 Å². The monoisotopic (exact) mass is 419 g/mol. The summed E-state index contributed by atoms with van der Waals surface area (Å²) in [5, 5.41) is 3.33. The number of ether oxygens (including phenoxy) is 1. The first-order valence-corrected chi connectivity index (χ1v) is 8.92. The van der Waals surface area contributed by atoms with Crippen molar-refractivity contribution in [3.05, 3.63) is 93.2 Å². The van der Waals surface area contributed by atoms with E-state index < -0.39 is 5.82 Å². The summed E-state index contributed by atoms with van der Waals surface area (Å²) in [5.74, 6) is 0.399. The Morgan fingerprint density at radius 3 is 2.28 bits per heavy atom. The van der Waals surface area contributed by atoms with Gasteiger partial charge in [0.15, 0.2) is 0 Å². The lowest BCUT2D eigenvalue weighted by molar-refractivity contribution is 0.306. The van der Waals surface area contributed by atoms with Gasteiger partial charge in [-0.3, -0.25) is 0 Å². The lowest BCUT2D eigenvalue weighted by atomic mass is 10.2. The fourth-order valence-electron chi connectivity index (χ4n) is 2.26. The third-order valence-electron chi connectivity index (χ3n) is 3.66. The van der Waals surface area contributed by atoms with Gasteiger partial charge in [-0.15, -0.1) is 0 Å². The molecule has 5 heteroatoms. The third kappa shape index (κ3) is 5.21. The minimum absolute atomic E-state index is 0.113. The third-order valence-corrected chi connectivity index (χ3v) is 4.48. The zero-order chi connectivity index (χ0) is 17.6. The van der Waals surface area contributed by atoms with Gasteiger partial charge in [-0.2, -0.15) is 0 Å². The average Bonchev–Trinajstić information content (AvgIpc) is 2.63. The SMILES string of the molecule is Fc1ccc(NCc2ccc(OCc3ccc(Br)cc3)cc2)cc1Cl. The second-order valence-corrected chi connectivity index (χ2v) is 6.86. The van der Waals surface area contributed by atoms with Crippen molar-refractivity contribution in [2.24, 2.45) is 0 Å². The van der Waals surface area contributed by atoms with Gasteiger partial charge in [0.2, 0.25) is 0 Å². The predicted molar refractivity (Wildman–Crippen MR) is 104 cm³/mol. The molecule has 0 aliphatic rings. The molecule has 3 aromatic carbocycles. The Balaban J connectivity index is 1.53. The van der Waals surface area contributed by atoms with Crippen molar-refractivity contribution in [1.82, 2.24) is 0 Å². The molecule has 0 aromatic heterocycles. The highest BCUT2D eigenvalue weighted by atomic mass is 79.9. The van der Waals surface area contributed by atoms with Crippen molar-refractivity contribution < 1.29 is 9.13 Å². The molecule has 0 fully saturated rings. The lowest BCUT2D eigenvalue weighted by Gasteiger charge is -2.09.